The van der Waals surface area contributed by atoms with Crippen molar-refractivity contribution in [1.82, 2.24) is 20.3 Å². The van der Waals surface area contributed by atoms with Gasteiger partial charge in [0, 0.05) is 18.0 Å². The lowest BCUT2D eigenvalue weighted by Gasteiger charge is -2.40. The lowest BCUT2D eigenvalue weighted by atomic mass is 9.76. The SMILES string of the molecule is CN[C@H](C(=O)NC(C(=O)N(C)[C@H](/C=C(\C)C(=O)NS(=O)(=O)Cc1ccc(Cl)c(Cl)c1)C(C)C)C(C)(C)C)C(C)(C)c1ccccc1. The van der Waals surface area contributed by atoms with Crippen LogP contribution in [0.1, 0.15) is 66.5 Å². The zero-order chi connectivity index (χ0) is 35.2. The molecule has 12 heteroatoms. The molecule has 0 spiro atoms. The molecule has 254 valence electrons. The third-order valence-electron chi connectivity index (χ3n) is 8.04. The number of likely N-dealkylation sites (N-methyl/N-ethyl adjacent to an activating group) is 2. The molecule has 0 bridgehead atoms. The van der Waals surface area contributed by atoms with Crippen LogP contribution in [-0.4, -0.2) is 63.3 Å². The van der Waals surface area contributed by atoms with E-state index in [4.69, 9.17) is 23.2 Å². The first kappa shape index (κ1) is 39.3. The van der Waals surface area contributed by atoms with Crippen LogP contribution in [0.3, 0.4) is 0 Å². The molecule has 1 unspecified atom stereocenters. The molecule has 0 aliphatic carbocycles. The molecule has 0 saturated carbocycles. The Labute approximate surface area is 284 Å². The minimum absolute atomic E-state index is 0.118. The molecule has 0 heterocycles. The van der Waals surface area contributed by atoms with Crippen LogP contribution in [0, 0.1) is 11.3 Å². The molecule has 3 amide bonds. The third kappa shape index (κ3) is 10.3. The first-order valence-electron chi connectivity index (χ1n) is 15.1. The number of nitrogens with one attached hydrogen (secondary N) is 3. The van der Waals surface area contributed by atoms with E-state index in [0.29, 0.717) is 5.56 Å². The molecular formula is C34H48Cl2N4O5S. The summed E-state index contributed by atoms with van der Waals surface area (Å²) in [6.45, 7) is 14.8. The maximum Gasteiger partial charge on any atom is 0.260 e. The second kappa shape index (κ2) is 15.8. The van der Waals surface area contributed by atoms with Crippen LogP contribution < -0.4 is 15.4 Å². The summed E-state index contributed by atoms with van der Waals surface area (Å²) >= 11 is 11.9. The van der Waals surface area contributed by atoms with Crippen molar-refractivity contribution in [3.05, 3.63) is 81.4 Å². The number of hydrogen-bond donors (Lipinski definition) is 3. The van der Waals surface area contributed by atoms with Crippen LogP contribution in [0.25, 0.3) is 0 Å². The maximum atomic E-state index is 14.1. The van der Waals surface area contributed by atoms with Crippen LogP contribution >= 0.6 is 23.2 Å². The van der Waals surface area contributed by atoms with E-state index in [1.807, 2.05) is 78.8 Å². The number of halogens is 2. The highest BCUT2D eigenvalue weighted by Gasteiger charge is 2.41. The lowest BCUT2D eigenvalue weighted by molar-refractivity contribution is -0.140. The van der Waals surface area contributed by atoms with Crippen LogP contribution in [0.4, 0.5) is 0 Å². The van der Waals surface area contributed by atoms with Gasteiger partial charge in [0.15, 0.2) is 0 Å². The van der Waals surface area contributed by atoms with Gasteiger partial charge in [0.2, 0.25) is 21.8 Å². The van der Waals surface area contributed by atoms with Gasteiger partial charge in [-0.05, 0) is 48.6 Å². The highest BCUT2D eigenvalue weighted by Crippen LogP contribution is 2.29. The van der Waals surface area contributed by atoms with Crippen molar-refractivity contribution in [1.29, 1.82) is 0 Å². The number of sulfonamides is 1. The maximum absolute atomic E-state index is 14.1. The summed E-state index contributed by atoms with van der Waals surface area (Å²) in [5.41, 5.74) is 0.201. The average molecular weight is 696 g/mol. The summed E-state index contributed by atoms with van der Waals surface area (Å²) in [7, 11) is -0.736. The second-order valence-electron chi connectivity index (χ2n) is 13.6. The molecule has 0 aliphatic rings. The molecule has 0 saturated heterocycles. The van der Waals surface area contributed by atoms with Crippen molar-refractivity contribution in [2.24, 2.45) is 11.3 Å². The average Bonchev–Trinajstić information content (AvgIpc) is 2.95. The van der Waals surface area contributed by atoms with Crippen molar-refractivity contribution in [2.75, 3.05) is 14.1 Å². The smallest absolute Gasteiger partial charge is 0.260 e. The normalized spacial score (nSPS) is 14.8. The molecule has 0 radical (unpaired) electrons. The number of carbonyl (C=O) groups excluding carboxylic acids is 3. The van der Waals surface area contributed by atoms with Gasteiger partial charge in [-0.1, -0.05) is 114 Å². The first-order chi connectivity index (χ1) is 21.1. The summed E-state index contributed by atoms with van der Waals surface area (Å²) in [6.07, 6.45) is 1.57. The molecule has 3 atom stereocenters. The molecular weight excluding hydrogens is 647 g/mol. The summed E-state index contributed by atoms with van der Waals surface area (Å²) in [5, 5.41) is 6.63. The van der Waals surface area contributed by atoms with E-state index in [1.165, 1.54) is 30.0 Å². The van der Waals surface area contributed by atoms with Crippen LogP contribution in [0.5, 0.6) is 0 Å². The molecule has 2 aromatic rings. The zero-order valence-corrected chi connectivity index (χ0v) is 30.7. The summed E-state index contributed by atoms with van der Waals surface area (Å²) in [4.78, 5) is 42.4. The molecule has 2 aromatic carbocycles. The number of hydrogen-bond acceptors (Lipinski definition) is 6. The molecule has 0 fully saturated rings. The quantitative estimate of drug-likeness (QED) is 0.239. The Balaban J connectivity index is 2.29. The highest BCUT2D eigenvalue weighted by atomic mass is 35.5. The highest BCUT2D eigenvalue weighted by molar-refractivity contribution is 7.89. The number of amides is 3. The Hall–Kier alpha value is -2.92. The Morgan fingerprint density at radius 3 is 2.02 bits per heavy atom. The monoisotopic (exact) mass is 694 g/mol. The molecule has 0 aromatic heterocycles. The van der Waals surface area contributed by atoms with Gasteiger partial charge in [-0.25, -0.2) is 13.1 Å². The Bertz CT molecular complexity index is 1540. The van der Waals surface area contributed by atoms with Gasteiger partial charge in [-0.3, -0.25) is 14.4 Å². The number of benzene rings is 2. The van der Waals surface area contributed by atoms with Gasteiger partial charge in [-0.2, -0.15) is 0 Å². The van der Waals surface area contributed by atoms with E-state index >= 15 is 0 Å². The predicted octanol–water partition coefficient (Wildman–Crippen LogP) is 5.47. The van der Waals surface area contributed by atoms with Gasteiger partial charge < -0.3 is 15.5 Å². The second-order valence-corrected chi connectivity index (χ2v) is 16.1. The number of carbonyl (C=O) groups is 3. The van der Waals surface area contributed by atoms with Crippen molar-refractivity contribution in [3.63, 3.8) is 0 Å². The van der Waals surface area contributed by atoms with Gasteiger partial charge in [-0.15, -0.1) is 0 Å². The van der Waals surface area contributed by atoms with Crippen LogP contribution in [-0.2, 0) is 35.6 Å². The van der Waals surface area contributed by atoms with Gasteiger partial charge in [0.05, 0.1) is 27.9 Å². The lowest BCUT2D eigenvalue weighted by Crippen LogP contribution is -2.61. The first-order valence-corrected chi connectivity index (χ1v) is 17.5. The summed E-state index contributed by atoms with van der Waals surface area (Å²) in [6, 6.07) is 12.0. The summed E-state index contributed by atoms with van der Waals surface area (Å²) in [5.74, 6) is -2.10. The largest absolute Gasteiger partial charge is 0.342 e. The fourth-order valence-corrected chi connectivity index (χ4v) is 6.72. The molecule has 46 heavy (non-hydrogen) atoms. The third-order valence-corrected chi connectivity index (χ3v) is 9.98. The van der Waals surface area contributed by atoms with E-state index in [1.54, 1.807) is 20.2 Å². The minimum atomic E-state index is -4.07. The zero-order valence-electron chi connectivity index (χ0n) is 28.4. The Morgan fingerprint density at radius 1 is 0.935 bits per heavy atom. The van der Waals surface area contributed by atoms with Gasteiger partial charge >= 0.3 is 0 Å². The molecule has 3 N–H and O–H groups in total. The molecule has 2 rings (SSSR count). The van der Waals surface area contributed by atoms with E-state index in [2.05, 4.69) is 15.4 Å². The van der Waals surface area contributed by atoms with Crippen molar-refractivity contribution in [2.45, 2.75) is 84.7 Å². The van der Waals surface area contributed by atoms with E-state index < -0.39 is 50.6 Å². The number of nitrogens with zero attached hydrogens (tertiary/aromatic N) is 1. The van der Waals surface area contributed by atoms with Gasteiger partial charge in [0.1, 0.15) is 6.04 Å². The van der Waals surface area contributed by atoms with E-state index in [9.17, 15) is 22.8 Å². The van der Waals surface area contributed by atoms with Gasteiger partial charge in [0.25, 0.3) is 5.91 Å². The summed E-state index contributed by atoms with van der Waals surface area (Å²) < 4.78 is 27.6. The van der Waals surface area contributed by atoms with Crippen LogP contribution in [0.15, 0.2) is 60.2 Å². The standard InChI is InChI=1S/C34H48Cl2N4O5S/c1-21(2)27(18-22(3)30(41)39-46(44,45)20-23-16-17-25(35)26(36)19-23)40(10)32(43)29(33(4,5)6)38-31(42)28(37-9)34(7,8)24-14-12-11-13-15-24/h11-19,21,27-29,37H,20H2,1-10H3,(H,38,42)(H,39,41)/b22-18+/t27-,28-,29?/m1/s1. The van der Waals surface area contributed by atoms with Crippen molar-refractivity contribution < 1.29 is 22.8 Å². The van der Waals surface area contributed by atoms with Crippen molar-refractivity contribution >= 4 is 50.9 Å². The molecule has 9 nitrogen and oxygen atoms in total. The molecule has 0 aliphatic heterocycles. The predicted molar refractivity (Wildman–Crippen MR) is 186 cm³/mol. The van der Waals surface area contributed by atoms with Crippen LogP contribution in [0.2, 0.25) is 10.0 Å². The number of rotatable bonds is 13. The topological polar surface area (TPSA) is 125 Å². The Kier molecular flexibility index (Phi) is 13.5. The van der Waals surface area contributed by atoms with Crippen molar-refractivity contribution in [3.8, 4) is 0 Å². The fourth-order valence-electron chi connectivity index (χ4n) is 5.27. The Morgan fingerprint density at radius 2 is 1.52 bits per heavy atom. The van der Waals surface area contributed by atoms with E-state index in [-0.39, 0.29) is 33.4 Å². The van der Waals surface area contributed by atoms with E-state index in [0.717, 1.165) is 5.56 Å². The fraction of sp³-hybridized carbons (Fsp3) is 0.500. The minimum Gasteiger partial charge on any atom is -0.342 e.